The molecule has 2 aliphatic rings. The maximum Gasteiger partial charge on any atom is 0.348 e. The second-order valence-corrected chi connectivity index (χ2v) is 3.58. The normalized spacial score (nSPS) is 17.8. The molecule has 0 saturated carbocycles. The van der Waals surface area contributed by atoms with Gasteiger partial charge in [0.15, 0.2) is 11.5 Å². The van der Waals surface area contributed by atoms with Crippen LogP contribution < -0.4 is 14.8 Å². The number of urea groups is 1. The number of rotatable bonds is 1. The Morgan fingerprint density at radius 3 is 2.59 bits per heavy atom. The maximum absolute atomic E-state index is 11.4. The molecule has 0 bridgehead atoms. The van der Waals surface area contributed by atoms with Crippen LogP contribution >= 0.6 is 0 Å². The number of nitrogens with zero attached hydrogens (tertiary/aromatic N) is 1. The highest BCUT2D eigenvalue weighted by Crippen LogP contribution is 2.31. The van der Waals surface area contributed by atoms with Gasteiger partial charge in [0.1, 0.15) is 18.9 Å². The molecule has 3 amide bonds. The molecule has 1 aromatic carbocycles. The number of fused-ring (bicyclic) bond motifs is 1. The lowest BCUT2D eigenvalue weighted by Crippen LogP contribution is -2.25. The highest BCUT2D eigenvalue weighted by Gasteiger charge is 2.25. The Morgan fingerprint density at radius 2 is 1.88 bits per heavy atom. The lowest BCUT2D eigenvalue weighted by atomic mass is 10.1. The minimum Gasteiger partial charge on any atom is -0.486 e. The summed E-state index contributed by atoms with van der Waals surface area (Å²) in [6, 6.07) is 4.37. The first-order valence-corrected chi connectivity index (χ1v) is 5.08. The van der Waals surface area contributed by atoms with Gasteiger partial charge in [-0.3, -0.25) is 10.1 Å². The van der Waals surface area contributed by atoms with Gasteiger partial charge in [0, 0.05) is 5.56 Å². The number of carbonyl (C=O) groups excluding carboxylic acids is 2. The fourth-order valence-electron chi connectivity index (χ4n) is 1.72. The SMILES string of the molecule is O=C1N=C(c2ccc3c(c2)OCCO3)C(=O)N1. The lowest BCUT2D eigenvalue weighted by molar-refractivity contribution is -0.113. The summed E-state index contributed by atoms with van der Waals surface area (Å²) in [5, 5.41) is 2.09. The van der Waals surface area contributed by atoms with Gasteiger partial charge >= 0.3 is 6.03 Å². The van der Waals surface area contributed by atoms with Gasteiger partial charge in [0.2, 0.25) is 0 Å². The largest absolute Gasteiger partial charge is 0.486 e. The maximum atomic E-state index is 11.4. The zero-order valence-electron chi connectivity index (χ0n) is 8.73. The van der Waals surface area contributed by atoms with E-state index < -0.39 is 11.9 Å². The topological polar surface area (TPSA) is 77.0 Å². The number of hydrogen-bond acceptors (Lipinski definition) is 4. The third-order valence-electron chi connectivity index (χ3n) is 2.46. The molecule has 0 atom stereocenters. The standard InChI is InChI=1S/C11H8N2O4/c14-10-9(12-11(15)13-10)6-1-2-7-8(5-6)17-4-3-16-7/h1-2,5H,3-4H2,(H,13,14,15). The van der Waals surface area contributed by atoms with E-state index in [0.717, 1.165) is 0 Å². The Balaban J connectivity index is 2.02. The van der Waals surface area contributed by atoms with Crippen LogP contribution in [0.4, 0.5) is 4.79 Å². The van der Waals surface area contributed by atoms with Crippen LogP contribution in [-0.2, 0) is 4.79 Å². The van der Waals surface area contributed by atoms with Gasteiger partial charge in [-0.2, -0.15) is 4.99 Å². The fraction of sp³-hybridized carbons (Fsp3) is 0.182. The molecule has 3 rings (SSSR count). The molecule has 86 valence electrons. The van der Waals surface area contributed by atoms with Gasteiger partial charge < -0.3 is 9.47 Å². The zero-order chi connectivity index (χ0) is 11.8. The molecule has 0 spiro atoms. The summed E-state index contributed by atoms with van der Waals surface area (Å²) in [7, 11) is 0. The van der Waals surface area contributed by atoms with Crippen molar-refractivity contribution in [1.82, 2.24) is 5.32 Å². The minimum absolute atomic E-state index is 0.104. The van der Waals surface area contributed by atoms with E-state index >= 15 is 0 Å². The number of nitrogens with one attached hydrogen (secondary N) is 1. The molecular formula is C11H8N2O4. The van der Waals surface area contributed by atoms with E-state index in [1.165, 1.54) is 0 Å². The van der Waals surface area contributed by atoms with Crippen molar-refractivity contribution in [2.24, 2.45) is 4.99 Å². The van der Waals surface area contributed by atoms with Gasteiger partial charge in [-0.15, -0.1) is 0 Å². The van der Waals surface area contributed by atoms with Crippen molar-refractivity contribution in [3.8, 4) is 11.5 Å². The molecule has 0 radical (unpaired) electrons. The Morgan fingerprint density at radius 1 is 1.12 bits per heavy atom. The summed E-state index contributed by atoms with van der Waals surface area (Å²) in [5.41, 5.74) is 0.643. The molecule has 1 aromatic rings. The smallest absolute Gasteiger partial charge is 0.348 e. The number of hydrogen-bond donors (Lipinski definition) is 1. The van der Waals surface area contributed by atoms with Crippen molar-refractivity contribution >= 4 is 17.6 Å². The van der Waals surface area contributed by atoms with Gasteiger partial charge in [-0.1, -0.05) is 0 Å². The first-order chi connectivity index (χ1) is 8.24. The van der Waals surface area contributed by atoms with Crippen molar-refractivity contribution in [2.45, 2.75) is 0 Å². The van der Waals surface area contributed by atoms with Crippen molar-refractivity contribution in [3.05, 3.63) is 23.8 Å². The van der Waals surface area contributed by atoms with Gasteiger partial charge in [0.25, 0.3) is 5.91 Å². The monoisotopic (exact) mass is 232 g/mol. The average molecular weight is 232 g/mol. The number of ether oxygens (including phenoxy) is 2. The highest BCUT2D eigenvalue weighted by atomic mass is 16.6. The molecule has 0 aromatic heterocycles. The van der Waals surface area contributed by atoms with Crippen LogP contribution in [0.3, 0.4) is 0 Å². The Kier molecular flexibility index (Phi) is 2.07. The number of aliphatic imine (C=N–C) groups is 1. The molecule has 1 N–H and O–H groups in total. The molecule has 17 heavy (non-hydrogen) atoms. The van der Waals surface area contributed by atoms with Crippen LogP contribution in [0.5, 0.6) is 11.5 Å². The summed E-state index contributed by atoms with van der Waals surface area (Å²) in [6.07, 6.45) is 0. The fourth-order valence-corrected chi connectivity index (χ4v) is 1.72. The Bertz CT molecular complexity index is 550. The van der Waals surface area contributed by atoms with Crippen LogP contribution in [0, 0.1) is 0 Å². The van der Waals surface area contributed by atoms with Gasteiger partial charge in [-0.05, 0) is 18.2 Å². The molecule has 0 unspecified atom stereocenters. The predicted octanol–water partition coefficient (Wildman–Crippen LogP) is 0.497. The summed E-state index contributed by atoms with van der Waals surface area (Å²) in [4.78, 5) is 26.0. The van der Waals surface area contributed by atoms with E-state index in [9.17, 15) is 9.59 Å². The number of imide groups is 1. The van der Waals surface area contributed by atoms with Crippen LogP contribution in [-0.4, -0.2) is 30.9 Å². The molecular weight excluding hydrogens is 224 g/mol. The predicted molar refractivity (Wildman–Crippen MR) is 57.5 cm³/mol. The molecule has 0 fully saturated rings. The van der Waals surface area contributed by atoms with Crippen molar-refractivity contribution < 1.29 is 19.1 Å². The molecule has 6 nitrogen and oxygen atoms in total. The average Bonchev–Trinajstić information content (AvgIpc) is 2.68. The van der Waals surface area contributed by atoms with E-state index in [-0.39, 0.29) is 5.71 Å². The van der Waals surface area contributed by atoms with E-state index in [1.807, 2.05) is 0 Å². The van der Waals surface area contributed by atoms with Crippen LogP contribution in [0.25, 0.3) is 0 Å². The lowest BCUT2D eigenvalue weighted by Gasteiger charge is -2.18. The van der Waals surface area contributed by atoms with Crippen molar-refractivity contribution in [3.63, 3.8) is 0 Å². The Labute approximate surface area is 96.2 Å². The number of benzene rings is 1. The number of amides is 3. The van der Waals surface area contributed by atoms with Crippen LogP contribution in [0.1, 0.15) is 5.56 Å². The Hall–Kier alpha value is -2.37. The first kappa shape index (κ1) is 9.83. The molecule has 6 heteroatoms. The van der Waals surface area contributed by atoms with Crippen molar-refractivity contribution in [2.75, 3.05) is 13.2 Å². The third-order valence-corrected chi connectivity index (χ3v) is 2.46. The second-order valence-electron chi connectivity index (χ2n) is 3.58. The van der Waals surface area contributed by atoms with E-state index in [4.69, 9.17) is 9.47 Å². The second kappa shape index (κ2) is 3.58. The molecule has 0 aliphatic carbocycles. The summed E-state index contributed by atoms with van der Waals surface area (Å²) >= 11 is 0. The zero-order valence-corrected chi connectivity index (χ0v) is 8.73. The van der Waals surface area contributed by atoms with E-state index in [2.05, 4.69) is 10.3 Å². The summed E-state index contributed by atoms with van der Waals surface area (Å²) < 4.78 is 10.7. The summed E-state index contributed by atoms with van der Waals surface area (Å²) in [5.74, 6) is 0.695. The first-order valence-electron chi connectivity index (χ1n) is 5.08. The molecule has 2 aliphatic heterocycles. The van der Waals surface area contributed by atoms with Gasteiger partial charge in [-0.25, -0.2) is 4.79 Å². The quantitative estimate of drug-likeness (QED) is 0.764. The highest BCUT2D eigenvalue weighted by molar-refractivity contribution is 6.51. The summed E-state index contributed by atoms with van der Waals surface area (Å²) in [6.45, 7) is 0.973. The van der Waals surface area contributed by atoms with Crippen LogP contribution in [0.2, 0.25) is 0 Å². The van der Waals surface area contributed by atoms with Crippen LogP contribution in [0.15, 0.2) is 23.2 Å². The molecule has 2 heterocycles. The minimum atomic E-state index is -0.639. The molecule has 0 saturated heterocycles. The van der Waals surface area contributed by atoms with E-state index in [0.29, 0.717) is 30.3 Å². The van der Waals surface area contributed by atoms with Gasteiger partial charge in [0.05, 0.1) is 0 Å². The van der Waals surface area contributed by atoms with Crippen molar-refractivity contribution in [1.29, 1.82) is 0 Å². The number of carbonyl (C=O) groups is 2. The van der Waals surface area contributed by atoms with E-state index in [1.54, 1.807) is 18.2 Å². The third kappa shape index (κ3) is 1.63.